The lowest BCUT2D eigenvalue weighted by Gasteiger charge is -2.26. The van der Waals surface area contributed by atoms with Gasteiger partial charge in [-0.05, 0) is 38.7 Å². The Kier molecular flexibility index (Phi) is 3.41. The molecule has 1 atom stereocenters. The molecule has 0 saturated heterocycles. The molecule has 1 amide bonds. The second-order valence-electron chi connectivity index (χ2n) is 5.89. The molecule has 2 N–H and O–H groups in total. The minimum absolute atomic E-state index is 0.0511. The largest absolute Gasteiger partial charge is 0.337 e. The van der Waals surface area contributed by atoms with Crippen molar-refractivity contribution in [2.75, 3.05) is 13.6 Å². The summed E-state index contributed by atoms with van der Waals surface area (Å²) in [7, 11) is 1.82. The summed E-state index contributed by atoms with van der Waals surface area (Å²) in [6.45, 7) is 4.38. The lowest BCUT2D eigenvalue weighted by molar-refractivity contribution is 0.0720. The van der Waals surface area contributed by atoms with Crippen LogP contribution in [0.2, 0.25) is 0 Å². The molecule has 0 radical (unpaired) electrons. The Hall–Kier alpha value is -1.95. The van der Waals surface area contributed by atoms with Crippen LogP contribution in [0.3, 0.4) is 0 Å². The molecule has 1 saturated carbocycles. The molecule has 6 nitrogen and oxygen atoms in total. The van der Waals surface area contributed by atoms with E-state index in [9.17, 15) is 4.79 Å². The van der Waals surface area contributed by atoms with Crippen molar-refractivity contribution < 1.29 is 4.79 Å². The van der Waals surface area contributed by atoms with Gasteiger partial charge in [0, 0.05) is 31.0 Å². The molecule has 0 spiro atoms. The summed E-state index contributed by atoms with van der Waals surface area (Å²) in [5.74, 6) is 0.493. The fourth-order valence-corrected chi connectivity index (χ4v) is 2.91. The second kappa shape index (κ2) is 5.11. The number of carbonyl (C=O) groups is 1. The van der Waals surface area contributed by atoms with E-state index < -0.39 is 0 Å². The Bertz CT molecular complexity index is 689. The minimum Gasteiger partial charge on any atom is -0.337 e. The van der Waals surface area contributed by atoms with Crippen molar-refractivity contribution in [1.82, 2.24) is 19.5 Å². The molecule has 2 aromatic heterocycles. The van der Waals surface area contributed by atoms with Gasteiger partial charge >= 0.3 is 0 Å². The van der Waals surface area contributed by atoms with E-state index in [0.29, 0.717) is 23.7 Å². The number of rotatable bonds is 4. The van der Waals surface area contributed by atoms with Gasteiger partial charge in [0.1, 0.15) is 5.56 Å². The summed E-state index contributed by atoms with van der Waals surface area (Å²) < 4.78 is 1.71. The van der Waals surface area contributed by atoms with Gasteiger partial charge in [-0.2, -0.15) is 5.10 Å². The van der Waals surface area contributed by atoms with E-state index in [-0.39, 0.29) is 11.9 Å². The maximum absolute atomic E-state index is 12.8. The van der Waals surface area contributed by atoms with Crippen LogP contribution >= 0.6 is 0 Å². The number of aromatic nitrogens is 3. The van der Waals surface area contributed by atoms with Crippen LogP contribution in [0.25, 0.3) is 5.65 Å². The van der Waals surface area contributed by atoms with Crippen molar-refractivity contribution >= 4 is 11.6 Å². The molecule has 1 unspecified atom stereocenters. The van der Waals surface area contributed by atoms with E-state index in [1.54, 1.807) is 15.6 Å². The number of aryl methyl sites for hydroxylation is 2. The molecule has 1 aliphatic rings. The average Bonchev–Trinajstić information content (AvgIpc) is 3.18. The van der Waals surface area contributed by atoms with Crippen LogP contribution in [0.1, 0.15) is 34.6 Å². The van der Waals surface area contributed by atoms with E-state index in [1.165, 1.54) is 0 Å². The first kappa shape index (κ1) is 14.0. The van der Waals surface area contributed by atoms with Crippen molar-refractivity contribution in [2.24, 2.45) is 11.7 Å². The third-order valence-electron chi connectivity index (χ3n) is 4.23. The highest BCUT2D eigenvalue weighted by Crippen LogP contribution is 2.35. The zero-order chi connectivity index (χ0) is 15.1. The number of nitrogens with zero attached hydrogens (tertiary/aromatic N) is 4. The second-order valence-corrected chi connectivity index (χ2v) is 5.89. The molecule has 6 heteroatoms. The molecular formula is C15H21N5O. The zero-order valence-corrected chi connectivity index (χ0v) is 12.7. The van der Waals surface area contributed by atoms with Crippen molar-refractivity contribution in [2.45, 2.75) is 32.7 Å². The monoisotopic (exact) mass is 287 g/mol. The fourth-order valence-electron chi connectivity index (χ4n) is 2.91. The van der Waals surface area contributed by atoms with Crippen molar-refractivity contribution in [3.05, 3.63) is 29.2 Å². The average molecular weight is 287 g/mol. The molecule has 0 bridgehead atoms. The number of likely N-dealkylation sites (N-methyl/N-ethyl adjacent to an activating group) is 1. The van der Waals surface area contributed by atoms with Crippen LogP contribution < -0.4 is 5.73 Å². The smallest absolute Gasteiger partial charge is 0.259 e. The molecule has 2 aromatic rings. The number of hydrogen-bond donors (Lipinski definition) is 1. The quantitative estimate of drug-likeness (QED) is 0.915. The summed E-state index contributed by atoms with van der Waals surface area (Å²) in [5.41, 5.74) is 8.86. The molecule has 2 heterocycles. The van der Waals surface area contributed by atoms with E-state index in [2.05, 4.69) is 10.1 Å². The minimum atomic E-state index is -0.0511. The van der Waals surface area contributed by atoms with Crippen LogP contribution in [-0.4, -0.2) is 45.0 Å². The summed E-state index contributed by atoms with van der Waals surface area (Å²) >= 11 is 0. The van der Waals surface area contributed by atoms with Gasteiger partial charge in [-0.25, -0.2) is 9.50 Å². The predicted molar refractivity (Wildman–Crippen MR) is 80.1 cm³/mol. The standard InChI is InChI=1S/C15H21N5O/c1-9-6-10(2)20-14(18-9)12(8-17-20)15(21)19(3)13(7-16)11-4-5-11/h6,8,11,13H,4-5,7,16H2,1-3H3. The highest BCUT2D eigenvalue weighted by Gasteiger charge is 2.35. The molecule has 21 heavy (non-hydrogen) atoms. The molecule has 1 fully saturated rings. The third-order valence-corrected chi connectivity index (χ3v) is 4.23. The van der Waals surface area contributed by atoms with E-state index >= 15 is 0 Å². The van der Waals surface area contributed by atoms with Crippen molar-refractivity contribution in [3.63, 3.8) is 0 Å². The maximum atomic E-state index is 12.8. The van der Waals surface area contributed by atoms with Gasteiger partial charge in [0.2, 0.25) is 0 Å². The van der Waals surface area contributed by atoms with Crippen LogP contribution in [-0.2, 0) is 0 Å². The van der Waals surface area contributed by atoms with Crippen LogP contribution in [0.5, 0.6) is 0 Å². The number of amides is 1. The Labute approximate surface area is 123 Å². The number of fused-ring (bicyclic) bond motifs is 1. The highest BCUT2D eigenvalue weighted by atomic mass is 16.2. The van der Waals surface area contributed by atoms with Gasteiger partial charge in [0.25, 0.3) is 5.91 Å². The first-order valence-corrected chi connectivity index (χ1v) is 7.32. The number of nitrogens with two attached hydrogens (primary N) is 1. The van der Waals surface area contributed by atoms with Gasteiger partial charge in [0.05, 0.1) is 6.20 Å². The van der Waals surface area contributed by atoms with Gasteiger partial charge in [-0.1, -0.05) is 0 Å². The molecule has 0 aliphatic heterocycles. The lowest BCUT2D eigenvalue weighted by atomic mass is 10.1. The summed E-state index contributed by atoms with van der Waals surface area (Å²) in [6, 6.07) is 2.06. The fraction of sp³-hybridized carbons (Fsp3) is 0.533. The number of hydrogen-bond acceptors (Lipinski definition) is 4. The van der Waals surface area contributed by atoms with Crippen LogP contribution in [0, 0.1) is 19.8 Å². The predicted octanol–water partition coefficient (Wildman–Crippen LogP) is 1.16. The Morgan fingerprint density at radius 3 is 2.86 bits per heavy atom. The van der Waals surface area contributed by atoms with Crippen LogP contribution in [0.4, 0.5) is 0 Å². The summed E-state index contributed by atoms with van der Waals surface area (Å²) in [5, 5.41) is 4.28. The molecule has 1 aliphatic carbocycles. The van der Waals surface area contributed by atoms with Gasteiger partial charge in [0.15, 0.2) is 5.65 Å². The molecule has 3 rings (SSSR count). The normalized spacial score (nSPS) is 16.2. The SMILES string of the molecule is Cc1cc(C)n2ncc(C(=O)N(C)C(CN)C3CC3)c2n1. The first-order chi connectivity index (χ1) is 10.0. The zero-order valence-electron chi connectivity index (χ0n) is 12.7. The lowest BCUT2D eigenvalue weighted by Crippen LogP contribution is -2.43. The Balaban J connectivity index is 1.97. The molecular weight excluding hydrogens is 266 g/mol. The summed E-state index contributed by atoms with van der Waals surface area (Å²) in [4.78, 5) is 19.0. The Morgan fingerprint density at radius 2 is 2.24 bits per heavy atom. The van der Waals surface area contributed by atoms with Crippen molar-refractivity contribution in [3.8, 4) is 0 Å². The Morgan fingerprint density at radius 1 is 1.52 bits per heavy atom. The van der Waals surface area contributed by atoms with Crippen molar-refractivity contribution in [1.29, 1.82) is 0 Å². The van der Waals surface area contributed by atoms with Gasteiger partial charge in [-0.3, -0.25) is 4.79 Å². The van der Waals surface area contributed by atoms with E-state index in [0.717, 1.165) is 24.2 Å². The van der Waals surface area contributed by atoms with Gasteiger partial charge < -0.3 is 10.6 Å². The molecule has 0 aromatic carbocycles. The van der Waals surface area contributed by atoms with Crippen LogP contribution in [0.15, 0.2) is 12.3 Å². The first-order valence-electron chi connectivity index (χ1n) is 7.32. The molecule has 112 valence electrons. The topological polar surface area (TPSA) is 76.5 Å². The number of carbonyl (C=O) groups excluding carboxylic acids is 1. The van der Waals surface area contributed by atoms with Gasteiger partial charge in [-0.15, -0.1) is 0 Å². The van der Waals surface area contributed by atoms with E-state index in [1.807, 2.05) is 27.0 Å². The highest BCUT2D eigenvalue weighted by molar-refractivity contribution is 5.99. The third kappa shape index (κ3) is 2.40. The summed E-state index contributed by atoms with van der Waals surface area (Å²) in [6.07, 6.45) is 3.92. The maximum Gasteiger partial charge on any atom is 0.259 e. The van der Waals surface area contributed by atoms with E-state index in [4.69, 9.17) is 5.73 Å².